The SMILES string of the molecule is CCCC1(c2nc(COCC(F)(F)F)no2)CCCNC1. The molecule has 1 fully saturated rings. The van der Waals surface area contributed by atoms with Gasteiger partial charge in [0.05, 0.1) is 5.41 Å². The van der Waals surface area contributed by atoms with Crippen molar-refractivity contribution >= 4 is 0 Å². The van der Waals surface area contributed by atoms with Crippen molar-refractivity contribution in [1.29, 1.82) is 0 Å². The fourth-order valence-electron chi connectivity index (χ4n) is 2.74. The normalized spacial score (nSPS) is 23.4. The molecule has 0 radical (unpaired) electrons. The second-order valence-corrected chi connectivity index (χ2v) is 5.43. The lowest BCUT2D eigenvalue weighted by Gasteiger charge is -2.34. The van der Waals surface area contributed by atoms with E-state index in [4.69, 9.17) is 4.52 Å². The van der Waals surface area contributed by atoms with Gasteiger partial charge in [-0.15, -0.1) is 0 Å². The first-order valence-electron chi connectivity index (χ1n) is 7.13. The van der Waals surface area contributed by atoms with E-state index in [1.165, 1.54) is 0 Å². The summed E-state index contributed by atoms with van der Waals surface area (Å²) in [5.74, 6) is 0.664. The Labute approximate surface area is 121 Å². The molecule has 5 nitrogen and oxygen atoms in total. The van der Waals surface area contributed by atoms with Crippen LogP contribution in [0.15, 0.2) is 4.52 Å². The second kappa shape index (κ2) is 6.74. The molecule has 0 aromatic carbocycles. The van der Waals surface area contributed by atoms with Gasteiger partial charge in [0.25, 0.3) is 0 Å². The molecule has 0 bridgehead atoms. The van der Waals surface area contributed by atoms with Crippen LogP contribution in [0, 0.1) is 0 Å². The van der Waals surface area contributed by atoms with Crippen LogP contribution in [0.1, 0.15) is 44.3 Å². The van der Waals surface area contributed by atoms with Crippen LogP contribution in [0.5, 0.6) is 0 Å². The van der Waals surface area contributed by atoms with Crippen molar-refractivity contribution in [2.75, 3.05) is 19.7 Å². The van der Waals surface area contributed by atoms with Gasteiger partial charge in [0.15, 0.2) is 5.82 Å². The van der Waals surface area contributed by atoms with Gasteiger partial charge in [-0.05, 0) is 25.8 Å². The predicted octanol–water partition coefficient (Wildman–Crippen LogP) is 2.57. The van der Waals surface area contributed by atoms with E-state index in [2.05, 4.69) is 27.1 Å². The highest BCUT2D eigenvalue weighted by atomic mass is 19.4. The highest BCUT2D eigenvalue weighted by Gasteiger charge is 2.38. The van der Waals surface area contributed by atoms with Crippen molar-refractivity contribution < 1.29 is 22.4 Å². The molecule has 21 heavy (non-hydrogen) atoms. The Morgan fingerprint density at radius 2 is 2.24 bits per heavy atom. The number of halogens is 3. The highest BCUT2D eigenvalue weighted by molar-refractivity contribution is 5.08. The van der Waals surface area contributed by atoms with E-state index in [1.54, 1.807) is 0 Å². The molecule has 120 valence electrons. The molecule has 8 heteroatoms. The minimum atomic E-state index is -4.34. The van der Waals surface area contributed by atoms with Crippen LogP contribution in [0.2, 0.25) is 0 Å². The molecule has 2 rings (SSSR count). The number of alkyl halides is 3. The van der Waals surface area contributed by atoms with Gasteiger partial charge < -0.3 is 14.6 Å². The minimum absolute atomic E-state index is 0.162. The van der Waals surface area contributed by atoms with E-state index in [1.807, 2.05) is 0 Å². The van der Waals surface area contributed by atoms with Crippen molar-refractivity contribution in [3.63, 3.8) is 0 Å². The molecule has 0 spiro atoms. The summed E-state index contributed by atoms with van der Waals surface area (Å²) in [6.45, 7) is 2.20. The van der Waals surface area contributed by atoms with Gasteiger partial charge in [-0.2, -0.15) is 18.2 Å². The van der Waals surface area contributed by atoms with E-state index in [9.17, 15) is 13.2 Å². The summed E-state index contributed by atoms with van der Waals surface area (Å²) < 4.78 is 45.9. The molecule has 1 atom stereocenters. The number of hydrogen-bond donors (Lipinski definition) is 1. The maximum absolute atomic E-state index is 12.0. The van der Waals surface area contributed by atoms with Crippen LogP contribution in [-0.4, -0.2) is 36.0 Å². The van der Waals surface area contributed by atoms with Gasteiger partial charge in [-0.1, -0.05) is 18.5 Å². The van der Waals surface area contributed by atoms with E-state index in [0.29, 0.717) is 5.89 Å². The third-order valence-corrected chi connectivity index (χ3v) is 3.62. The van der Waals surface area contributed by atoms with E-state index in [0.717, 1.165) is 38.8 Å². The Morgan fingerprint density at radius 1 is 1.43 bits per heavy atom. The Hall–Kier alpha value is -1.15. The van der Waals surface area contributed by atoms with Crippen molar-refractivity contribution in [3.05, 3.63) is 11.7 Å². The number of rotatable bonds is 6. The Balaban J connectivity index is 1.99. The quantitative estimate of drug-likeness (QED) is 0.875. The smallest absolute Gasteiger partial charge is 0.364 e. The van der Waals surface area contributed by atoms with E-state index in [-0.39, 0.29) is 17.8 Å². The molecular weight excluding hydrogens is 287 g/mol. The van der Waals surface area contributed by atoms with Gasteiger partial charge in [-0.3, -0.25) is 0 Å². The lowest BCUT2D eigenvalue weighted by Crippen LogP contribution is -2.43. The van der Waals surface area contributed by atoms with Crippen molar-refractivity contribution in [3.8, 4) is 0 Å². The zero-order valence-electron chi connectivity index (χ0n) is 12.0. The first kappa shape index (κ1) is 16.2. The summed E-state index contributed by atoms with van der Waals surface area (Å²) in [5, 5.41) is 7.06. The number of ether oxygens (including phenoxy) is 1. The third-order valence-electron chi connectivity index (χ3n) is 3.62. The van der Waals surface area contributed by atoms with Gasteiger partial charge >= 0.3 is 6.18 Å². The molecule has 0 amide bonds. The van der Waals surface area contributed by atoms with Gasteiger partial charge in [-0.25, -0.2) is 0 Å². The molecule has 2 heterocycles. The predicted molar refractivity (Wildman–Crippen MR) is 68.7 cm³/mol. The number of aromatic nitrogens is 2. The molecule has 1 N–H and O–H groups in total. The van der Waals surface area contributed by atoms with E-state index < -0.39 is 12.8 Å². The fourth-order valence-corrected chi connectivity index (χ4v) is 2.74. The summed E-state index contributed by atoms with van der Waals surface area (Å²) in [7, 11) is 0. The van der Waals surface area contributed by atoms with Crippen LogP contribution in [0.25, 0.3) is 0 Å². The summed E-state index contributed by atoms with van der Waals surface area (Å²) in [6, 6.07) is 0. The number of nitrogens with zero attached hydrogens (tertiary/aromatic N) is 2. The van der Waals surface area contributed by atoms with Crippen LogP contribution in [0.4, 0.5) is 13.2 Å². The molecule has 0 aliphatic carbocycles. The van der Waals surface area contributed by atoms with Crippen molar-refractivity contribution in [2.45, 2.75) is 50.8 Å². The van der Waals surface area contributed by atoms with E-state index >= 15 is 0 Å². The molecular formula is C13H20F3N3O2. The first-order chi connectivity index (χ1) is 9.95. The molecule has 1 aliphatic heterocycles. The summed E-state index contributed by atoms with van der Waals surface area (Å²) in [4.78, 5) is 4.23. The molecule has 1 aromatic heterocycles. The lowest BCUT2D eigenvalue weighted by atomic mass is 9.77. The minimum Gasteiger partial charge on any atom is -0.364 e. The Bertz CT molecular complexity index is 437. The molecule has 1 unspecified atom stereocenters. The number of hydrogen-bond acceptors (Lipinski definition) is 5. The van der Waals surface area contributed by atoms with Crippen LogP contribution < -0.4 is 5.32 Å². The Morgan fingerprint density at radius 3 is 2.86 bits per heavy atom. The molecule has 1 saturated heterocycles. The average molecular weight is 307 g/mol. The molecule has 1 aliphatic rings. The summed E-state index contributed by atoms with van der Waals surface area (Å²) >= 11 is 0. The van der Waals surface area contributed by atoms with Crippen molar-refractivity contribution in [2.24, 2.45) is 0 Å². The highest BCUT2D eigenvalue weighted by Crippen LogP contribution is 2.34. The maximum Gasteiger partial charge on any atom is 0.411 e. The van der Waals surface area contributed by atoms with Crippen LogP contribution in [-0.2, 0) is 16.8 Å². The molecule has 0 saturated carbocycles. The monoisotopic (exact) mass is 307 g/mol. The summed E-state index contributed by atoms with van der Waals surface area (Å²) in [5.41, 5.74) is -0.206. The zero-order valence-corrected chi connectivity index (χ0v) is 12.0. The lowest BCUT2D eigenvalue weighted by molar-refractivity contribution is -0.177. The van der Waals surface area contributed by atoms with Crippen LogP contribution in [0.3, 0.4) is 0 Å². The topological polar surface area (TPSA) is 60.2 Å². The fraction of sp³-hybridized carbons (Fsp3) is 0.846. The second-order valence-electron chi connectivity index (χ2n) is 5.43. The van der Waals surface area contributed by atoms with Gasteiger partial charge in [0.2, 0.25) is 5.89 Å². The average Bonchev–Trinajstić information content (AvgIpc) is 2.88. The summed E-state index contributed by atoms with van der Waals surface area (Å²) in [6.07, 6.45) is -0.501. The zero-order chi connectivity index (χ0) is 15.3. The molecule has 1 aromatic rings. The van der Waals surface area contributed by atoms with Gasteiger partial charge in [0, 0.05) is 6.54 Å². The third kappa shape index (κ3) is 4.41. The number of nitrogens with one attached hydrogen (secondary N) is 1. The van der Waals surface area contributed by atoms with Gasteiger partial charge in [0.1, 0.15) is 13.2 Å². The number of piperidine rings is 1. The first-order valence-corrected chi connectivity index (χ1v) is 7.13. The van der Waals surface area contributed by atoms with Crippen LogP contribution >= 0.6 is 0 Å². The maximum atomic E-state index is 12.0. The Kier molecular flexibility index (Phi) is 5.21. The largest absolute Gasteiger partial charge is 0.411 e. The van der Waals surface area contributed by atoms with Crippen molar-refractivity contribution in [1.82, 2.24) is 15.5 Å². The standard InChI is InChI=1S/C13H20F3N3O2/c1-2-4-12(5-3-6-17-8-12)11-18-10(19-21-11)7-20-9-13(14,15)16/h17H,2-9H2,1H3.